The first kappa shape index (κ1) is 31.5. The summed E-state index contributed by atoms with van der Waals surface area (Å²) >= 11 is 0. The van der Waals surface area contributed by atoms with Crippen molar-refractivity contribution in [2.45, 2.75) is 49.9 Å². The summed E-state index contributed by atoms with van der Waals surface area (Å²) in [6.07, 6.45) is 0.873. The average Bonchev–Trinajstić information content (AvgIpc) is 3.31. The molecule has 0 bridgehead atoms. The molecule has 1 heterocycles. The fraction of sp³-hybridized carbons (Fsp3) is 0.417. The van der Waals surface area contributed by atoms with Crippen LogP contribution in [0.4, 0.5) is 0 Å². The second-order valence-corrected chi connectivity index (χ2v) is 8.92. The van der Waals surface area contributed by atoms with Crippen molar-refractivity contribution in [3.05, 3.63) is 36.0 Å². The third kappa shape index (κ3) is 9.55. The molecule has 3 amide bonds. The van der Waals surface area contributed by atoms with Gasteiger partial charge < -0.3 is 53.5 Å². The topological polar surface area (TPSA) is 288 Å². The first-order chi connectivity index (χ1) is 18.9. The maximum absolute atomic E-state index is 13.3. The summed E-state index contributed by atoms with van der Waals surface area (Å²) in [4.78, 5) is 68.5. The van der Waals surface area contributed by atoms with E-state index in [1.807, 2.05) is 0 Å². The van der Waals surface area contributed by atoms with Crippen molar-refractivity contribution < 1.29 is 39.3 Å². The summed E-state index contributed by atoms with van der Waals surface area (Å²) in [5.74, 6) is -5.79. The number of aliphatic hydroxyl groups is 1. The second-order valence-electron chi connectivity index (χ2n) is 8.92. The van der Waals surface area contributed by atoms with Crippen LogP contribution in [0.3, 0.4) is 0 Å². The number of aliphatic imine (C=N–C) groups is 1. The van der Waals surface area contributed by atoms with Crippen molar-refractivity contribution in [2.24, 2.45) is 22.2 Å². The van der Waals surface area contributed by atoms with Crippen LogP contribution in [0, 0.1) is 0 Å². The highest BCUT2D eigenvalue weighted by Crippen LogP contribution is 2.19. The Morgan fingerprint density at radius 3 is 2.17 bits per heavy atom. The number of H-pyrrole nitrogens is 1. The number of rotatable bonds is 16. The molecule has 0 aliphatic heterocycles. The molecule has 16 nitrogen and oxygen atoms in total. The first-order valence-electron chi connectivity index (χ1n) is 12.3. The number of nitrogens with zero attached hydrogens (tertiary/aromatic N) is 1. The molecule has 13 N–H and O–H groups in total. The van der Waals surface area contributed by atoms with E-state index in [1.54, 1.807) is 30.5 Å². The minimum atomic E-state index is -1.64. The quantitative estimate of drug-likeness (QED) is 0.0562. The van der Waals surface area contributed by atoms with Crippen LogP contribution in [-0.2, 0) is 30.4 Å². The molecular weight excluding hydrogens is 528 g/mol. The molecule has 40 heavy (non-hydrogen) atoms. The van der Waals surface area contributed by atoms with Gasteiger partial charge in [-0.15, -0.1) is 0 Å². The predicted octanol–water partition coefficient (Wildman–Crippen LogP) is -2.90. The molecule has 0 aliphatic carbocycles. The van der Waals surface area contributed by atoms with Gasteiger partial charge in [0.1, 0.15) is 24.2 Å². The number of benzene rings is 1. The number of aromatic amines is 1. The Bertz CT molecular complexity index is 1240. The maximum Gasteiger partial charge on any atom is 0.326 e. The molecule has 0 aliphatic rings. The van der Waals surface area contributed by atoms with Crippen LogP contribution in [-0.4, -0.2) is 93.2 Å². The third-order valence-electron chi connectivity index (χ3n) is 5.84. The van der Waals surface area contributed by atoms with Crippen LogP contribution in [0.1, 0.15) is 24.8 Å². The van der Waals surface area contributed by atoms with Gasteiger partial charge in [0.2, 0.25) is 17.7 Å². The van der Waals surface area contributed by atoms with Gasteiger partial charge in [0, 0.05) is 30.1 Å². The smallest absolute Gasteiger partial charge is 0.326 e. The van der Waals surface area contributed by atoms with E-state index in [2.05, 4.69) is 25.9 Å². The zero-order chi connectivity index (χ0) is 29.8. The Balaban J connectivity index is 2.30. The number of nitrogens with one attached hydrogen (secondary N) is 4. The number of carboxylic acids is 2. The third-order valence-corrected chi connectivity index (χ3v) is 5.84. The highest BCUT2D eigenvalue weighted by molar-refractivity contribution is 5.96. The number of carboxylic acid groups (broad SMARTS) is 2. The van der Waals surface area contributed by atoms with Crippen LogP contribution < -0.4 is 33.2 Å². The number of para-hydroxylation sites is 1. The van der Waals surface area contributed by atoms with Gasteiger partial charge in [0.15, 0.2) is 5.96 Å². The maximum atomic E-state index is 13.3. The Kier molecular flexibility index (Phi) is 11.8. The van der Waals surface area contributed by atoms with E-state index in [1.165, 1.54) is 0 Å². The number of hydrogen-bond donors (Lipinski definition) is 10. The molecule has 2 rings (SSSR count). The van der Waals surface area contributed by atoms with Crippen molar-refractivity contribution in [3.63, 3.8) is 0 Å². The Hall–Kier alpha value is -4.70. The number of aliphatic carboxylic acids is 2. The predicted molar refractivity (Wildman–Crippen MR) is 143 cm³/mol. The van der Waals surface area contributed by atoms with Gasteiger partial charge >= 0.3 is 11.9 Å². The molecule has 0 saturated heterocycles. The minimum absolute atomic E-state index is 0.0254. The number of aliphatic hydroxyl groups excluding tert-OH is 1. The van der Waals surface area contributed by atoms with Crippen molar-refractivity contribution in [3.8, 4) is 0 Å². The highest BCUT2D eigenvalue weighted by Gasteiger charge is 2.32. The molecule has 0 fully saturated rings. The highest BCUT2D eigenvalue weighted by atomic mass is 16.4. The van der Waals surface area contributed by atoms with E-state index in [0.29, 0.717) is 5.56 Å². The molecule has 4 unspecified atom stereocenters. The van der Waals surface area contributed by atoms with E-state index < -0.39 is 66.9 Å². The molecular formula is C24H34N8O8. The van der Waals surface area contributed by atoms with Crippen LogP contribution in [0.25, 0.3) is 10.9 Å². The lowest BCUT2D eigenvalue weighted by Gasteiger charge is -2.24. The number of carbonyl (C=O) groups excluding carboxylic acids is 3. The van der Waals surface area contributed by atoms with Crippen molar-refractivity contribution in [1.82, 2.24) is 20.9 Å². The van der Waals surface area contributed by atoms with Gasteiger partial charge in [-0.05, 0) is 24.5 Å². The molecule has 218 valence electrons. The van der Waals surface area contributed by atoms with E-state index in [-0.39, 0.29) is 31.8 Å². The molecule has 1 aromatic heterocycles. The van der Waals surface area contributed by atoms with Crippen LogP contribution in [0.2, 0.25) is 0 Å². The molecule has 1 aromatic carbocycles. The number of hydrogen-bond acceptors (Lipinski definition) is 8. The number of amides is 3. The SMILES string of the molecule is NC(N)=NCCCC(NC(=O)C(Cc1c[nH]c2ccccc12)NC(=O)C(CC(=O)O)NC(=O)C(N)CO)C(=O)O. The van der Waals surface area contributed by atoms with Gasteiger partial charge in [0.25, 0.3) is 0 Å². The zero-order valence-corrected chi connectivity index (χ0v) is 21.5. The Morgan fingerprint density at radius 1 is 0.925 bits per heavy atom. The number of fused-ring (bicyclic) bond motifs is 1. The van der Waals surface area contributed by atoms with Crippen molar-refractivity contribution >= 4 is 46.5 Å². The lowest BCUT2D eigenvalue weighted by molar-refractivity contribution is -0.143. The zero-order valence-electron chi connectivity index (χ0n) is 21.5. The summed E-state index contributed by atoms with van der Waals surface area (Å²) in [5, 5.41) is 35.7. The molecule has 2 aromatic rings. The number of guanidine groups is 1. The van der Waals surface area contributed by atoms with E-state index in [9.17, 15) is 34.2 Å². The summed E-state index contributed by atoms with van der Waals surface area (Å²) in [6, 6.07) is 1.38. The summed E-state index contributed by atoms with van der Waals surface area (Å²) in [7, 11) is 0. The molecule has 16 heteroatoms. The number of nitrogens with two attached hydrogens (primary N) is 3. The van der Waals surface area contributed by atoms with Gasteiger partial charge in [-0.3, -0.25) is 24.2 Å². The second kappa shape index (κ2) is 15.0. The number of aromatic nitrogens is 1. The number of carbonyl (C=O) groups is 5. The Labute approximate surface area is 228 Å². The fourth-order valence-electron chi connectivity index (χ4n) is 3.78. The lowest BCUT2D eigenvalue weighted by Crippen LogP contribution is -2.58. The summed E-state index contributed by atoms with van der Waals surface area (Å²) in [6.45, 7) is -0.622. The van der Waals surface area contributed by atoms with Crippen LogP contribution in [0.15, 0.2) is 35.5 Å². The monoisotopic (exact) mass is 562 g/mol. The van der Waals surface area contributed by atoms with Gasteiger partial charge in [-0.2, -0.15) is 0 Å². The fourth-order valence-corrected chi connectivity index (χ4v) is 3.78. The van der Waals surface area contributed by atoms with Gasteiger partial charge in [0.05, 0.1) is 13.0 Å². The van der Waals surface area contributed by atoms with E-state index in [0.717, 1.165) is 10.9 Å². The summed E-state index contributed by atoms with van der Waals surface area (Å²) < 4.78 is 0. The summed E-state index contributed by atoms with van der Waals surface area (Å²) in [5.41, 5.74) is 17.3. The molecule has 0 radical (unpaired) electrons. The van der Waals surface area contributed by atoms with Crippen molar-refractivity contribution in [2.75, 3.05) is 13.2 Å². The van der Waals surface area contributed by atoms with E-state index >= 15 is 0 Å². The van der Waals surface area contributed by atoms with Crippen LogP contribution in [0.5, 0.6) is 0 Å². The standard InChI is InChI=1S/C24H34N8O8/c25-14(11-33)20(36)31-18(9-19(34)35)22(38)32-17(8-12-10-29-15-5-2-1-4-13(12)15)21(37)30-16(23(39)40)6-3-7-28-24(26)27/h1-2,4-5,10,14,16-18,29,33H,3,6-9,11,25H2,(H,30,37)(H,31,36)(H,32,38)(H,34,35)(H,39,40)(H4,26,27,28). The minimum Gasteiger partial charge on any atom is -0.481 e. The van der Waals surface area contributed by atoms with Crippen LogP contribution >= 0.6 is 0 Å². The molecule has 0 spiro atoms. The van der Waals surface area contributed by atoms with Crippen molar-refractivity contribution in [1.29, 1.82) is 0 Å². The van der Waals surface area contributed by atoms with Gasteiger partial charge in [-0.25, -0.2) is 4.79 Å². The molecule has 4 atom stereocenters. The van der Waals surface area contributed by atoms with E-state index in [4.69, 9.17) is 22.3 Å². The average molecular weight is 563 g/mol. The molecule has 0 saturated carbocycles. The Morgan fingerprint density at radius 2 is 1.55 bits per heavy atom. The lowest BCUT2D eigenvalue weighted by atomic mass is 10.0. The largest absolute Gasteiger partial charge is 0.481 e. The first-order valence-corrected chi connectivity index (χ1v) is 12.3. The van der Waals surface area contributed by atoms with Gasteiger partial charge in [-0.1, -0.05) is 18.2 Å². The normalized spacial score (nSPS) is 13.8.